The van der Waals surface area contributed by atoms with Crippen molar-refractivity contribution < 1.29 is 9.32 Å². The van der Waals surface area contributed by atoms with Gasteiger partial charge in [-0.15, -0.1) is 0 Å². The lowest BCUT2D eigenvalue weighted by Gasteiger charge is -2.03. The van der Waals surface area contributed by atoms with E-state index in [-0.39, 0.29) is 18.0 Å². The Morgan fingerprint density at radius 3 is 3.00 bits per heavy atom. The Labute approximate surface area is 96.9 Å². The Kier molecular flexibility index (Phi) is 3.04. The molecule has 1 amide bonds. The summed E-state index contributed by atoms with van der Waals surface area (Å²) < 4.78 is 6.03. The lowest BCUT2D eigenvalue weighted by molar-refractivity contribution is 0.0950. The molecule has 0 unspecified atom stereocenters. The fourth-order valence-corrected chi connectivity index (χ4v) is 1.29. The van der Waals surface area contributed by atoms with Crippen LogP contribution in [0.15, 0.2) is 40.0 Å². The van der Waals surface area contributed by atoms with Gasteiger partial charge in [0.2, 0.25) is 0 Å². The summed E-state index contributed by atoms with van der Waals surface area (Å²) in [6, 6.07) is 4.53. The fraction of sp³-hybridized carbons (Fsp3) is 0.182. The van der Waals surface area contributed by atoms with Crippen molar-refractivity contribution in [3.63, 3.8) is 0 Å². The first-order chi connectivity index (χ1) is 8.16. The van der Waals surface area contributed by atoms with Crippen LogP contribution in [-0.2, 0) is 13.6 Å². The maximum Gasteiger partial charge on any atom is 0.251 e. The largest absolute Gasteiger partial charge is 0.364 e. The highest BCUT2D eigenvalue weighted by Crippen LogP contribution is 1.97. The summed E-state index contributed by atoms with van der Waals surface area (Å²) in [4.78, 5) is 23.0. The summed E-state index contributed by atoms with van der Waals surface area (Å²) in [5.41, 5.74) is 0.734. The van der Waals surface area contributed by atoms with Crippen molar-refractivity contribution in [2.45, 2.75) is 6.54 Å². The van der Waals surface area contributed by atoms with Gasteiger partial charge in [-0.3, -0.25) is 9.59 Å². The van der Waals surface area contributed by atoms with Gasteiger partial charge >= 0.3 is 0 Å². The minimum absolute atomic E-state index is 0.223. The van der Waals surface area contributed by atoms with Crippen LogP contribution in [-0.4, -0.2) is 15.6 Å². The molecule has 0 fully saturated rings. The number of carbonyl (C=O) groups excluding carboxylic acids is 1. The number of nitrogens with one attached hydrogen (secondary N) is 1. The van der Waals surface area contributed by atoms with Gasteiger partial charge in [-0.2, -0.15) is 0 Å². The predicted molar refractivity (Wildman–Crippen MR) is 59.4 cm³/mol. The van der Waals surface area contributed by atoms with Gasteiger partial charge in [0.25, 0.3) is 11.5 Å². The number of carbonyl (C=O) groups is 1. The zero-order chi connectivity index (χ0) is 12.3. The van der Waals surface area contributed by atoms with Crippen LogP contribution < -0.4 is 10.9 Å². The van der Waals surface area contributed by atoms with Crippen LogP contribution in [0.2, 0.25) is 0 Å². The lowest BCUT2D eigenvalue weighted by atomic mass is 10.2. The number of nitrogens with zero attached hydrogens (tertiary/aromatic N) is 2. The van der Waals surface area contributed by atoms with E-state index in [0.29, 0.717) is 11.3 Å². The number of aromatic nitrogens is 2. The number of hydrogen-bond acceptors (Lipinski definition) is 4. The van der Waals surface area contributed by atoms with E-state index < -0.39 is 0 Å². The maximum absolute atomic E-state index is 11.7. The van der Waals surface area contributed by atoms with Gasteiger partial charge in [0, 0.05) is 30.9 Å². The number of hydrogen-bond donors (Lipinski definition) is 1. The van der Waals surface area contributed by atoms with Gasteiger partial charge in [0.05, 0.1) is 6.54 Å². The Balaban J connectivity index is 2.04. The minimum Gasteiger partial charge on any atom is -0.364 e. The third kappa shape index (κ3) is 2.60. The molecule has 2 rings (SSSR count). The summed E-state index contributed by atoms with van der Waals surface area (Å²) in [6.07, 6.45) is 2.98. The van der Waals surface area contributed by atoms with E-state index >= 15 is 0 Å². The number of pyridine rings is 1. The maximum atomic E-state index is 11.7. The van der Waals surface area contributed by atoms with Crippen molar-refractivity contribution in [1.29, 1.82) is 0 Å². The highest BCUT2D eigenvalue weighted by Gasteiger charge is 2.07. The Bertz CT molecular complexity index is 572. The predicted octanol–water partition coefficient (Wildman–Crippen LogP) is 0.303. The Hall–Kier alpha value is -2.37. The Morgan fingerprint density at radius 2 is 2.35 bits per heavy atom. The van der Waals surface area contributed by atoms with Gasteiger partial charge in [-0.05, 0) is 6.07 Å². The molecular weight excluding hydrogens is 222 g/mol. The highest BCUT2D eigenvalue weighted by molar-refractivity contribution is 5.93. The molecule has 2 aromatic rings. The molecule has 0 bridgehead atoms. The van der Waals surface area contributed by atoms with Gasteiger partial charge < -0.3 is 14.4 Å². The second-order valence-corrected chi connectivity index (χ2v) is 3.54. The molecule has 0 aliphatic rings. The van der Waals surface area contributed by atoms with Crippen molar-refractivity contribution in [2.24, 2.45) is 7.05 Å². The molecule has 0 saturated carbocycles. The average molecular weight is 233 g/mol. The second kappa shape index (κ2) is 4.65. The first-order valence-electron chi connectivity index (χ1n) is 5.01. The van der Waals surface area contributed by atoms with Gasteiger partial charge in [0.15, 0.2) is 0 Å². The monoisotopic (exact) mass is 233 g/mol. The number of amides is 1. The normalized spacial score (nSPS) is 10.2. The molecule has 2 heterocycles. The van der Waals surface area contributed by atoms with E-state index in [4.69, 9.17) is 0 Å². The SMILES string of the molecule is Cn1ccc(C(=O)NCc2ccon2)cc1=O. The van der Waals surface area contributed by atoms with Gasteiger partial charge in [-0.1, -0.05) is 5.16 Å². The summed E-state index contributed by atoms with van der Waals surface area (Å²) in [6.45, 7) is 0.268. The van der Waals surface area contributed by atoms with E-state index in [9.17, 15) is 9.59 Å². The highest BCUT2D eigenvalue weighted by atomic mass is 16.5. The molecule has 88 valence electrons. The molecule has 17 heavy (non-hydrogen) atoms. The summed E-state index contributed by atoms with van der Waals surface area (Å²) in [5, 5.41) is 6.30. The molecule has 1 N–H and O–H groups in total. The molecule has 0 aliphatic carbocycles. The summed E-state index contributed by atoms with van der Waals surface area (Å²) in [7, 11) is 1.62. The van der Waals surface area contributed by atoms with Crippen LogP contribution in [0.1, 0.15) is 16.1 Å². The zero-order valence-electron chi connectivity index (χ0n) is 9.21. The fourth-order valence-electron chi connectivity index (χ4n) is 1.29. The molecule has 0 spiro atoms. The first kappa shape index (κ1) is 11.1. The molecule has 0 atom stereocenters. The average Bonchev–Trinajstić information content (AvgIpc) is 2.82. The van der Waals surface area contributed by atoms with Gasteiger partial charge in [0.1, 0.15) is 12.0 Å². The van der Waals surface area contributed by atoms with Gasteiger partial charge in [-0.25, -0.2) is 0 Å². The molecular formula is C11H11N3O3. The minimum atomic E-state index is -0.314. The van der Waals surface area contributed by atoms with Crippen LogP contribution in [0.4, 0.5) is 0 Å². The summed E-state index contributed by atoms with van der Waals surface area (Å²) >= 11 is 0. The second-order valence-electron chi connectivity index (χ2n) is 3.54. The molecule has 0 aliphatic heterocycles. The third-order valence-corrected chi connectivity index (χ3v) is 2.29. The molecule has 2 aromatic heterocycles. The smallest absolute Gasteiger partial charge is 0.251 e. The van der Waals surface area contributed by atoms with Crippen LogP contribution >= 0.6 is 0 Å². The van der Waals surface area contributed by atoms with E-state index in [1.807, 2.05) is 0 Å². The molecule has 0 aromatic carbocycles. The van der Waals surface area contributed by atoms with Crippen LogP contribution in [0.5, 0.6) is 0 Å². The van der Waals surface area contributed by atoms with E-state index in [2.05, 4.69) is 15.0 Å². The van der Waals surface area contributed by atoms with Crippen LogP contribution in [0.25, 0.3) is 0 Å². The molecule has 6 nitrogen and oxygen atoms in total. The van der Waals surface area contributed by atoms with Crippen LogP contribution in [0.3, 0.4) is 0 Å². The van der Waals surface area contributed by atoms with Crippen LogP contribution in [0, 0.1) is 0 Å². The molecule has 6 heteroatoms. The first-order valence-corrected chi connectivity index (χ1v) is 5.01. The zero-order valence-corrected chi connectivity index (χ0v) is 9.21. The van der Waals surface area contributed by atoms with E-state index in [1.54, 1.807) is 25.4 Å². The molecule has 0 radical (unpaired) electrons. The number of aryl methyl sites for hydroxylation is 1. The Morgan fingerprint density at radius 1 is 1.53 bits per heavy atom. The van der Waals surface area contributed by atoms with Crippen molar-refractivity contribution in [2.75, 3.05) is 0 Å². The lowest BCUT2D eigenvalue weighted by Crippen LogP contribution is -2.25. The van der Waals surface area contributed by atoms with Crippen molar-refractivity contribution in [3.8, 4) is 0 Å². The standard InChI is InChI=1S/C11H11N3O3/c1-14-4-2-8(6-10(14)15)11(16)12-7-9-3-5-17-13-9/h2-6H,7H2,1H3,(H,12,16). The third-order valence-electron chi connectivity index (χ3n) is 2.29. The molecule has 0 saturated heterocycles. The van der Waals surface area contributed by atoms with Crippen molar-refractivity contribution >= 4 is 5.91 Å². The topological polar surface area (TPSA) is 77.1 Å². The van der Waals surface area contributed by atoms with E-state index in [1.165, 1.54) is 16.9 Å². The quantitative estimate of drug-likeness (QED) is 0.827. The van der Waals surface area contributed by atoms with E-state index in [0.717, 1.165) is 0 Å². The number of rotatable bonds is 3. The van der Waals surface area contributed by atoms with Crippen molar-refractivity contribution in [3.05, 3.63) is 52.3 Å². The van der Waals surface area contributed by atoms with Crippen molar-refractivity contribution in [1.82, 2.24) is 15.0 Å². The summed E-state index contributed by atoms with van der Waals surface area (Å²) in [5.74, 6) is -0.314.